The lowest BCUT2D eigenvalue weighted by Crippen LogP contribution is -2.24. The summed E-state index contributed by atoms with van der Waals surface area (Å²) in [6, 6.07) is 0. The van der Waals surface area contributed by atoms with E-state index >= 15 is 0 Å². The van der Waals surface area contributed by atoms with Crippen molar-refractivity contribution in [3.05, 3.63) is 25.3 Å². The molecule has 2 aliphatic carbocycles. The molecule has 122 valence electrons. The average Bonchev–Trinajstić information content (AvgIpc) is 3.19. The highest BCUT2D eigenvalue weighted by atomic mass is 16.8. The fourth-order valence-corrected chi connectivity index (χ4v) is 4.16. The average molecular weight is 306 g/mol. The molecule has 1 heterocycles. The Morgan fingerprint density at radius 1 is 1.09 bits per heavy atom. The zero-order chi connectivity index (χ0) is 15.5. The minimum Gasteiger partial charge on any atom is -0.462 e. The van der Waals surface area contributed by atoms with E-state index in [2.05, 4.69) is 13.2 Å². The number of carbonyl (C=O) groups excluding carboxylic acids is 1. The SMILES string of the molecule is C=CC(=O)OCC1CCC2CC(COC3OC3C=C)CC2C1. The minimum absolute atomic E-state index is 0.0498. The van der Waals surface area contributed by atoms with Crippen LogP contribution in [0, 0.1) is 23.7 Å². The molecule has 4 nitrogen and oxygen atoms in total. The van der Waals surface area contributed by atoms with E-state index in [4.69, 9.17) is 14.2 Å². The van der Waals surface area contributed by atoms with Gasteiger partial charge in [-0.05, 0) is 55.8 Å². The van der Waals surface area contributed by atoms with Gasteiger partial charge in [0.15, 0.2) is 6.29 Å². The third-order valence-corrected chi connectivity index (χ3v) is 5.36. The van der Waals surface area contributed by atoms with Crippen molar-refractivity contribution >= 4 is 5.97 Å². The maximum Gasteiger partial charge on any atom is 0.330 e. The first-order valence-corrected chi connectivity index (χ1v) is 8.38. The molecule has 2 saturated carbocycles. The van der Waals surface area contributed by atoms with E-state index < -0.39 is 0 Å². The van der Waals surface area contributed by atoms with Crippen molar-refractivity contribution in [2.75, 3.05) is 13.2 Å². The first-order chi connectivity index (χ1) is 10.7. The Morgan fingerprint density at radius 3 is 2.59 bits per heavy atom. The normalized spacial score (nSPS) is 39.8. The number of hydrogen-bond acceptors (Lipinski definition) is 4. The van der Waals surface area contributed by atoms with Crippen molar-refractivity contribution in [2.24, 2.45) is 23.7 Å². The van der Waals surface area contributed by atoms with Crippen LogP contribution in [0.3, 0.4) is 0 Å². The van der Waals surface area contributed by atoms with Gasteiger partial charge in [0.25, 0.3) is 0 Å². The Hall–Kier alpha value is -1.13. The summed E-state index contributed by atoms with van der Waals surface area (Å²) in [6.07, 6.45) is 9.21. The van der Waals surface area contributed by atoms with Crippen LogP contribution in [-0.4, -0.2) is 31.6 Å². The summed E-state index contributed by atoms with van der Waals surface area (Å²) in [5, 5.41) is 0. The Bertz CT molecular complexity index is 433. The molecule has 3 rings (SSSR count). The second kappa shape index (κ2) is 6.97. The van der Waals surface area contributed by atoms with E-state index in [1.54, 1.807) is 6.08 Å². The molecule has 0 bridgehead atoms. The number of epoxide rings is 1. The molecule has 0 aromatic heterocycles. The quantitative estimate of drug-likeness (QED) is 0.314. The number of rotatable bonds is 7. The van der Waals surface area contributed by atoms with Crippen LogP contribution in [0.5, 0.6) is 0 Å². The van der Waals surface area contributed by atoms with E-state index in [0.29, 0.717) is 18.4 Å². The second-order valence-corrected chi connectivity index (χ2v) is 6.91. The van der Waals surface area contributed by atoms with Gasteiger partial charge in [0.2, 0.25) is 0 Å². The Labute approximate surface area is 132 Å². The molecule has 6 unspecified atom stereocenters. The Kier molecular flexibility index (Phi) is 4.99. The maximum atomic E-state index is 11.2. The van der Waals surface area contributed by atoms with Crippen LogP contribution in [-0.2, 0) is 19.0 Å². The summed E-state index contributed by atoms with van der Waals surface area (Å²) in [5.41, 5.74) is 0. The first-order valence-electron chi connectivity index (χ1n) is 8.38. The van der Waals surface area contributed by atoms with Crippen molar-refractivity contribution in [3.8, 4) is 0 Å². The third kappa shape index (κ3) is 3.79. The van der Waals surface area contributed by atoms with Crippen molar-refractivity contribution < 1.29 is 19.0 Å². The molecule has 1 saturated heterocycles. The molecule has 0 radical (unpaired) electrons. The van der Waals surface area contributed by atoms with Gasteiger partial charge in [0, 0.05) is 6.08 Å². The zero-order valence-corrected chi connectivity index (χ0v) is 13.1. The molecule has 0 amide bonds. The fourth-order valence-electron chi connectivity index (χ4n) is 4.16. The summed E-state index contributed by atoms with van der Waals surface area (Å²) in [5.74, 6) is 2.46. The van der Waals surface area contributed by atoms with Gasteiger partial charge in [-0.3, -0.25) is 0 Å². The molecule has 1 aliphatic heterocycles. The lowest BCUT2D eigenvalue weighted by atomic mass is 9.76. The topological polar surface area (TPSA) is 48.1 Å². The highest BCUT2D eigenvalue weighted by molar-refractivity contribution is 5.81. The van der Waals surface area contributed by atoms with Crippen LogP contribution < -0.4 is 0 Å². The number of ether oxygens (including phenoxy) is 3. The van der Waals surface area contributed by atoms with E-state index in [-0.39, 0.29) is 18.4 Å². The van der Waals surface area contributed by atoms with E-state index in [1.807, 2.05) is 0 Å². The van der Waals surface area contributed by atoms with Crippen LogP contribution in [0.1, 0.15) is 32.1 Å². The summed E-state index contributed by atoms with van der Waals surface area (Å²) in [7, 11) is 0. The van der Waals surface area contributed by atoms with Gasteiger partial charge in [0.05, 0.1) is 13.2 Å². The largest absolute Gasteiger partial charge is 0.462 e. The molecule has 0 aromatic rings. The molecule has 0 spiro atoms. The van der Waals surface area contributed by atoms with Gasteiger partial charge in [-0.1, -0.05) is 12.7 Å². The van der Waals surface area contributed by atoms with Crippen LogP contribution >= 0.6 is 0 Å². The van der Waals surface area contributed by atoms with Crippen LogP contribution in [0.4, 0.5) is 0 Å². The predicted molar refractivity (Wildman–Crippen MR) is 83.0 cm³/mol. The van der Waals surface area contributed by atoms with Crippen LogP contribution in [0.2, 0.25) is 0 Å². The standard InChI is InChI=1S/C18H26O4/c1-3-16-18(22-16)21-11-13-8-14-6-5-12(7-15(14)9-13)10-20-17(19)4-2/h3-4,12-16,18H,1-2,5-11H2. The van der Waals surface area contributed by atoms with E-state index in [9.17, 15) is 4.79 Å². The lowest BCUT2D eigenvalue weighted by Gasteiger charge is -2.31. The first kappa shape index (κ1) is 15.8. The van der Waals surface area contributed by atoms with Gasteiger partial charge < -0.3 is 14.2 Å². The molecular weight excluding hydrogens is 280 g/mol. The molecule has 0 N–H and O–H groups in total. The second-order valence-electron chi connectivity index (χ2n) is 6.91. The molecule has 0 aromatic carbocycles. The Morgan fingerprint density at radius 2 is 1.86 bits per heavy atom. The zero-order valence-electron chi connectivity index (χ0n) is 13.1. The highest BCUT2D eigenvalue weighted by Crippen LogP contribution is 2.47. The molecular formula is C18H26O4. The van der Waals surface area contributed by atoms with Gasteiger partial charge >= 0.3 is 5.97 Å². The molecule has 4 heteroatoms. The predicted octanol–water partition coefficient (Wildman–Crippen LogP) is 3.09. The smallest absolute Gasteiger partial charge is 0.330 e. The van der Waals surface area contributed by atoms with E-state index in [0.717, 1.165) is 18.4 Å². The van der Waals surface area contributed by atoms with Crippen molar-refractivity contribution in [2.45, 2.75) is 44.5 Å². The Balaban J connectivity index is 1.38. The summed E-state index contributed by atoms with van der Waals surface area (Å²) >= 11 is 0. The highest BCUT2D eigenvalue weighted by Gasteiger charge is 2.41. The lowest BCUT2D eigenvalue weighted by molar-refractivity contribution is -0.139. The number of fused-ring (bicyclic) bond motifs is 1. The maximum absolute atomic E-state index is 11.2. The molecule has 6 atom stereocenters. The van der Waals surface area contributed by atoms with Crippen molar-refractivity contribution in [3.63, 3.8) is 0 Å². The van der Waals surface area contributed by atoms with E-state index in [1.165, 1.54) is 38.2 Å². The number of esters is 1. The number of hydrogen-bond donors (Lipinski definition) is 0. The van der Waals surface area contributed by atoms with Crippen LogP contribution in [0.25, 0.3) is 0 Å². The summed E-state index contributed by atoms with van der Waals surface area (Å²) in [4.78, 5) is 11.2. The summed E-state index contributed by atoms with van der Waals surface area (Å²) in [6.45, 7) is 8.49. The van der Waals surface area contributed by atoms with Crippen LogP contribution in [0.15, 0.2) is 25.3 Å². The number of carbonyl (C=O) groups is 1. The van der Waals surface area contributed by atoms with Gasteiger partial charge in [-0.15, -0.1) is 6.58 Å². The van der Waals surface area contributed by atoms with Crippen molar-refractivity contribution in [1.82, 2.24) is 0 Å². The fraction of sp³-hybridized carbons (Fsp3) is 0.722. The van der Waals surface area contributed by atoms with Gasteiger partial charge in [-0.2, -0.15) is 0 Å². The monoisotopic (exact) mass is 306 g/mol. The molecule has 3 fully saturated rings. The van der Waals surface area contributed by atoms with Gasteiger partial charge in [-0.25, -0.2) is 4.79 Å². The molecule has 3 aliphatic rings. The molecule has 22 heavy (non-hydrogen) atoms. The minimum atomic E-state index is -0.305. The van der Waals surface area contributed by atoms with Gasteiger partial charge in [0.1, 0.15) is 6.10 Å². The summed E-state index contributed by atoms with van der Waals surface area (Å²) < 4.78 is 16.3. The third-order valence-electron chi connectivity index (χ3n) is 5.36. The van der Waals surface area contributed by atoms with Crippen molar-refractivity contribution in [1.29, 1.82) is 0 Å².